The third kappa shape index (κ3) is 20.5. The minimum absolute atomic E-state index is 0.0170. The molecule has 0 bridgehead atoms. The summed E-state index contributed by atoms with van der Waals surface area (Å²) in [6.45, 7) is 17.9. The van der Waals surface area contributed by atoms with E-state index in [1.165, 1.54) is 46.2 Å². The van der Waals surface area contributed by atoms with Crippen LogP contribution in [0, 0.1) is 22.7 Å². The SMILES string of the molecule is C=C[C@@H]1C[C@]1(NC(=O)[C@@H]1Cc2cc(Oc3cccc(Cl)c3)ccc2CN1C(=O)[C@@H](Nc1cccc(C(F)(F)F)c1)C(C)(C)C)C(=O)NS(=O)(=O)C1CC1.C=C[C@@H]1C[C@]1(NC(=O)[C@H]1Cc2cc(Oc3cccc(Cl)c3)ccc2CN1C(=O)[C@@H](Nc1cccc(C(F)(F)F)c1)C(C)(C)C)C(=O)NS(=O)(=O)C1CC1.NS(=O)(=O)C1CC1. The van der Waals surface area contributed by atoms with Gasteiger partial charge in [-0.05, 0) is 182 Å². The number of halogens is 8. The van der Waals surface area contributed by atoms with E-state index in [4.69, 9.17) is 37.8 Å². The molecule has 2 heterocycles. The van der Waals surface area contributed by atoms with Gasteiger partial charge < -0.3 is 40.5 Å². The molecule has 5 fully saturated rings. The number of anilines is 2. The maximum absolute atomic E-state index is 14.7. The van der Waals surface area contributed by atoms with Crippen molar-refractivity contribution in [2.75, 3.05) is 10.6 Å². The molecule has 0 aromatic heterocycles. The highest BCUT2D eigenvalue weighted by Gasteiger charge is 2.63. The van der Waals surface area contributed by atoms with Gasteiger partial charge in [0.15, 0.2) is 0 Å². The fourth-order valence-corrected chi connectivity index (χ4v) is 17.4. The van der Waals surface area contributed by atoms with E-state index in [2.05, 4.69) is 43.9 Å². The van der Waals surface area contributed by atoms with E-state index in [0.29, 0.717) is 81.0 Å². The van der Waals surface area contributed by atoms with E-state index in [1.807, 2.05) is 0 Å². The van der Waals surface area contributed by atoms with Crippen LogP contribution in [-0.4, -0.2) is 121 Å². The Balaban J connectivity index is 0.000000205. The lowest BCUT2D eigenvalue weighted by Gasteiger charge is -2.41. The van der Waals surface area contributed by atoms with Gasteiger partial charge in [0.1, 0.15) is 58.2 Å². The second-order valence-corrected chi connectivity index (χ2v) is 38.2. The number of carbonyl (C=O) groups is 6. The molecular formula is C79H87Cl2F6N9O14S3. The highest BCUT2D eigenvalue weighted by Crippen LogP contribution is 2.48. The van der Waals surface area contributed by atoms with Crippen molar-refractivity contribution in [3.63, 3.8) is 0 Å². The van der Waals surface area contributed by atoms with Crippen molar-refractivity contribution in [1.82, 2.24) is 29.9 Å². The maximum atomic E-state index is 14.7. The quantitative estimate of drug-likeness (QED) is 0.0231. The third-order valence-corrected chi connectivity index (χ3v) is 26.1. The molecule has 6 aromatic carbocycles. The topological polar surface area (TPSA) is 328 Å². The number of benzene rings is 6. The number of alkyl halides is 6. The van der Waals surface area contributed by atoms with E-state index < -0.39 is 157 Å². The Hall–Kier alpha value is -9.21. The Morgan fingerprint density at radius 3 is 1.13 bits per heavy atom. The maximum Gasteiger partial charge on any atom is 0.416 e. The number of hydrogen-bond donors (Lipinski definition) is 7. The van der Waals surface area contributed by atoms with E-state index in [9.17, 15) is 80.4 Å². The number of hydrogen-bond acceptors (Lipinski definition) is 16. The summed E-state index contributed by atoms with van der Waals surface area (Å²) in [6.07, 6.45) is -2.87. The molecular weight excluding hydrogens is 1580 g/mol. The molecule has 113 heavy (non-hydrogen) atoms. The van der Waals surface area contributed by atoms with Gasteiger partial charge in [-0.15, -0.1) is 13.2 Å². The van der Waals surface area contributed by atoms with Gasteiger partial charge in [-0.25, -0.2) is 30.4 Å². The first-order valence-electron chi connectivity index (χ1n) is 36.3. The average molecular weight is 1670 g/mol. The number of primary sulfonamides is 1. The number of carbonyl (C=O) groups excluding carboxylic acids is 6. The molecule has 7 aliphatic rings. The van der Waals surface area contributed by atoms with Gasteiger partial charge in [0.2, 0.25) is 53.7 Å². The van der Waals surface area contributed by atoms with Crippen molar-refractivity contribution in [3.05, 3.63) is 202 Å². The van der Waals surface area contributed by atoms with Crippen molar-refractivity contribution in [1.29, 1.82) is 0 Å². The molecule has 0 unspecified atom stereocenters. The molecule has 2 aliphatic heterocycles. The number of sulfonamides is 3. The lowest BCUT2D eigenvalue weighted by molar-refractivity contribution is -0.145. The predicted molar refractivity (Wildman–Crippen MR) is 413 cm³/mol. The van der Waals surface area contributed by atoms with Gasteiger partial charge in [-0.1, -0.05) is 113 Å². The Kier molecular flexibility index (Phi) is 24.2. The lowest BCUT2D eigenvalue weighted by Crippen LogP contribution is -2.61. The number of nitrogens with one attached hydrogen (secondary N) is 6. The Bertz CT molecular complexity index is 4800. The van der Waals surface area contributed by atoms with E-state index in [-0.39, 0.29) is 55.4 Å². The minimum atomic E-state index is -4.61. The van der Waals surface area contributed by atoms with Gasteiger partial charge in [-0.3, -0.25) is 38.2 Å². The molecule has 5 aliphatic carbocycles. The fourth-order valence-electron chi connectivity index (χ4n) is 13.5. The average Bonchev–Trinajstić information content (AvgIpc) is 1.59. The van der Waals surface area contributed by atoms with E-state index in [1.54, 1.807) is 126 Å². The third-order valence-electron chi connectivity index (χ3n) is 20.6. The molecule has 606 valence electrons. The van der Waals surface area contributed by atoms with Crippen LogP contribution >= 0.6 is 23.2 Å². The first-order valence-corrected chi connectivity index (χ1v) is 41.8. The normalized spacial score (nSPS) is 21.9. The molecule has 13 rings (SSSR count). The number of rotatable bonds is 23. The van der Waals surface area contributed by atoms with Crippen LogP contribution in [0.5, 0.6) is 23.0 Å². The van der Waals surface area contributed by atoms with Crippen molar-refractivity contribution in [2.45, 2.75) is 182 Å². The standard InChI is InChI=1S/2C38H40ClF3N4O6S.C3H7NO2S/c2*1-5-24-20-37(24,35(49)45-53(50,51)30-14-15-30)44-33(47)31-17-23-16-29(52-28-11-7-9-26(39)19-28)13-12-22(23)21-46(31)34(48)32(36(2,3)4)43-27-10-6-8-25(18-27)38(40,41)42;4-7(5,6)3-1-2-3/h2*5-13,16,18-19,24,30-32,43H,1,14-15,17,20-21H2,2-4H3,(H,44,47)(H,45,49);3H,1-2H2,(H2,4,5,6)/t24-,31+,32-,37-;24-,31-,32-,37-;/m11./s1. The van der Waals surface area contributed by atoms with Gasteiger partial charge in [0.05, 0.1) is 26.9 Å². The first-order chi connectivity index (χ1) is 52.7. The van der Waals surface area contributed by atoms with Crippen LogP contribution < -0.4 is 45.3 Å². The van der Waals surface area contributed by atoms with Crippen LogP contribution in [0.2, 0.25) is 10.0 Å². The van der Waals surface area contributed by atoms with Crippen LogP contribution in [0.1, 0.15) is 126 Å². The zero-order valence-electron chi connectivity index (χ0n) is 62.4. The number of ether oxygens (including phenoxy) is 2. The highest BCUT2D eigenvalue weighted by molar-refractivity contribution is 7.91. The number of nitrogens with two attached hydrogens (primary N) is 1. The Labute approximate surface area is 661 Å². The molecule has 0 saturated heterocycles. The lowest BCUT2D eigenvalue weighted by atomic mass is 9.84. The van der Waals surface area contributed by atoms with Crippen molar-refractivity contribution in [2.24, 2.45) is 27.8 Å². The van der Waals surface area contributed by atoms with Gasteiger partial charge in [-0.2, -0.15) is 26.3 Å². The highest BCUT2D eigenvalue weighted by atomic mass is 35.5. The van der Waals surface area contributed by atoms with Crippen LogP contribution in [-0.2, 0) is 97.1 Å². The summed E-state index contributed by atoms with van der Waals surface area (Å²) in [5, 5.41) is 15.6. The Morgan fingerprint density at radius 2 is 0.841 bits per heavy atom. The molecule has 6 amide bonds. The predicted octanol–water partition coefficient (Wildman–Crippen LogP) is 12.6. The molecule has 0 radical (unpaired) electrons. The molecule has 8 N–H and O–H groups in total. The smallest absolute Gasteiger partial charge is 0.416 e. The van der Waals surface area contributed by atoms with Crippen LogP contribution in [0.3, 0.4) is 0 Å². The van der Waals surface area contributed by atoms with Gasteiger partial charge >= 0.3 is 12.4 Å². The van der Waals surface area contributed by atoms with Crippen LogP contribution in [0.15, 0.2) is 159 Å². The molecule has 23 nitrogen and oxygen atoms in total. The zero-order valence-corrected chi connectivity index (χ0v) is 66.3. The number of nitrogens with zero attached hydrogens (tertiary/aromatic N) is 2. The fraction of sp³-hybridized carbons (Fsp3) is 0.418. The van der Waals surface area contributed by atoms with E-state index in [0.717, 1.165) is 37.1 Å². The van der Waals surface area contributed by atoms with Crippen molar-refractivity contribution >= 4 is 100 Å². The summed E-state index contributed by atoms with van der Waals surface area (Å²) in [6, 6.07) is 28.5. The zero-order chi connectivity index (χ0) is 82.5. The second-order valence-electron chi connectivity index (χ2n) is 31.5. The van der Waals surface area contributed by atoms with Crippen molar-refractivity contribution < 1.29 is 89.8 Å². The summed E-state index contributed by atoms with van der Waals surface area (Å²) >= 11 is 12.3. The molecule has 6 aromatic rings. The summed E-state index contributed by atoms with van der Waals surface area (Å²) in [5.41, 5.74) is -3.82. The van der Waals surface area contributed by atoms with Crippen LogP contribution in [0.25, 0.3) is 0 Å². The largest absolute Gasteiger partial charge is 0.457 e. The minimum Gasteiger partial charge on any atom is -0.457 e. The number of amides is 6. The van der Waals surface area contributed by atoms with Crippen LogP contribution in [0.4, 0.5) is 37.7 Å². The van der Waals surface area contributed by atoms with Gasteiger partial charge in [0, 0.05) is 59.2 Å². The molecule has 5 saturated carbocycles. The summed E-state index contributed by atoms with van der Waals surface area (Å²) < 4.78 is 169. The summed E-state index contributed by atoms with van der Waals surface area (Å²) in [5.74, 6) is -3.60. The Morgan fingerprint density at radius 1 is 0.496 bits per heavy atom. The monoisotopic (exact) mass is 1670 g/mol. The first kappa shape index (κ1) is 84.7. The molecule has 8 atom stereocenters. The summed E-state index contributed by atoms with van der Waals surface area (Å²) in [7, 11) is -11.0. The van der Waals surface area contributed by atoms with E-state index >= 15 is 0 Å². The number of fused-ring (bicyclic) bond motifs is 2. The second kappa shape index (κ2) is 32.2. The summed E-state index contributed by atoms with van der Waals surface area (Å²) in [4.78, 5) is 87.8. The van der Waals surface area contributed by atoms with Gasteiger partial charge in [0.25, 0.3) is 11.8 Å². The molecule has 0 spiro atoms. The van der Waals surface area contributed by atoms with Crippen molar-refractivity contribution in [3.8, 4) is 23.0 Å². The molecule has 34 heteroatoms.